The van der Waals surface area contributed by atoms with Crippen molar-refractivity contribution in [1.29, 1.82) is 0 Å². The molecule has 0 saturated heterocycles. The van der Waals surface area contributed by atoms with Crippen LogP contribution in [0.15, 0.2) is 0 Å². The van der Waals surface area contributed by atoms with Gasteiger partial charge in [-0.15, -0.1) is 0 Å². The number of nitrogens with two attached hydrogens (primary N) is 1. The third kappa shape index (κ3) is 105. The lowest BCUT2D eigenvalue weighted by atomic mass is 10.0. The summed E-state index contributed by atoms with van der Waals surface area (Å²) in [4.78, 5) is 37.6. The molecule has 0 fully saturated rings. The first-order valence-corrected chi connectivity index (χ1v) is 11.8. The summed E-state index contributed by atoms with van der Waals surface area (Å²) in [5.41, 5.74) is 5.11. The molecule has 0 atom stereocenters. The van der Waals surface area contributed by atoms with Crippen LogP contribution in [0.5, 0.6) is 0 Å². The van der Waals surface area contributed by atoms with Crippen LogP contribution >= 0.6 is 0 Å². The van der Waals surface area contributed by atoms with Crippen molar-refractivity contribution in [1.82, 2.24) is 6.15 Å². The van der Waals surface area contributed by atoms with Crippen molar-refractivity contribution in [2.45, 2.75) is 130 Å². The van der Waals surface area contributed by atoms with Gasteiger partial charge < -0.3 is 27.2 Å². The number of rotatable bonds is 16. The Balaban J connectivity index is -0.000000165. The monoisotopic (exact) mass is 480 g/mol. The molecule has 0 aromatic carbocycles. The zero-order chi connectivity index (χ0) is 25.6. The minimum atomic E-state index is -0.833. The first-order valence-electron chi connectivity index (χ1n) is 11.8. The summed E-state index contributed by atoms with van der Waals surface area (Å²) in [5.74, 6) is -2.65. The van der Waals surface area contributed by atoms with Crippen LogP contribution in [0.4, 0.5) is 0 Å². The van der Waals surface area contributed by atoms with E-state index in [4.69, 9.17) is 35.4 Å². The molecule has 0 radical (unpaired) electrons. The fourth-order valence-corrected chi connectivity index (χ4v) is 2.67. The number of hydrogen-bond donors (Lipinski definition) is 5. The Morgan fingerprint density at radius 2 is 0.697 bits per heavy atom. The minimum absolute atomic E-state index is 0. The maximum absolute atomic E-state index is 10.6. The van der Waals surface area contributed by atoms with Crippen LogP contribution in [0.1, 0.15) is 130 Å². The molecule has 0 aliphatic rings. The predicted molar refractivity (Wildman–Crippen MR) is 134 cm³/mol. The lowest BCUT2D eigenvalue weighted by Gasteiger charge is -2.03. The molecule has 33 heavy (non-hydrogen) atoms. The third-order valence-electron chi connectivity index (χ3n) is 4.03. The average Bonchev–Trinajstić information content (AvgIpc) is 2.63. The highest BCUT2D eigenvalue weighted by atomic mass is 16.4. The summed E-state index contributed by atoms with van der Waals surface area (Å²) >= 11 is 0. The molecule has 0 aromatic rings. The van der Waals surface area contributed by atoms with Gasteiger partial charge in [0.1, 0.15) is 0 Å². The summed E-state index contributed by atoms with van der Waals surface area (Å²) in [6, 6.07) is 0. The molecule has 0 aliphatic heterocycles. The van der Waals surface area contributed by atoms with Gasteiger partial charge in [0.2, 0.25) is 5.91 Å². The highest BCUT2D eigenvalue weighted by Gasteiger charge is 1.96. The third-order valence-corrected chi connectivity index (χ3v) is 4.03. The van der Waals surface area contributed by atoms with Gasteiger partial charge in [0.05, 0.1) is 0 Å². The fraction of sp³-hybridized carbons (Fsp3) is 0.833. The Bertz CT molecular complexity index is 404. The van der Waals surface area contributed by atoms with Crippen LogP contribution in [0.25, 0.3) is 0 Å². The van der Waals surface area contributed by atoms with Gasteiger partial charge in [-0.25, -0.2) is 0 Å². The number of carbonyl (C=O) groups is 4. The van der Waals surface area contributed by atoms with Gasteiger partial charge >= 0.3 is 0 Å². The van der Waals surface area contributed by atoms with Crippen LogP contribution in [0, 0.1) is 0 Å². The second kappa shape index (κ2) is 37.2. The van der Waals surface area contributed by atoms with Gasteiger partial charge in [-0.2, -0.15) is 0 Å². The average molecular weight is 481 g/mol. The maximum atomic E-state index is 10.6. The second-order valence-corrected chi connectivity index (χ2v) is 7.72. The normalized spacial score (nSPS) is 8.85. The Kier molecular flexibility index (Phi) is 46.3. The van der Waals surface area contributed by atoms with Crippen molar-refractivity contribution >= 4 is 23.8 Å². The molecule has 0 heterocycles. The number of carboxylic acid groups (broad SMARTS) is 3. The first-order chi connectivity index (χ1) is 15.0. The molecular weight excluding hydrogens is 428 g/mol. The molecule has 0 rings (SSSR count). The maximum Gasteiger partial charge on any atom is 0.300 e. The lowest BCUT2D eigenvalue weighted by Crippen LogP contribution is -2.09. The molecule has 0 bridgehead atoms. The van der Waals surface area contributed by atoms with E-state index in [1.807, 2.05) is 0 Å². The van der Waals surface area contributed by atoms with Gasteiger partial charge in [-0.3, -0.25) is 19.2 Å². The number of carboxylic acids is 3. The van der Waals surface area contributed by atoms with Crippen molar-refractivity contribution in [3.05, 3.63) is 0 Å². The number of unbranched alkanes of at least 4 members (excludes halogenated alkanes) is 14. The van der Waals surface area contributed by atoms with Gasteiger partial charge in [0.25, 0.3) is 17.9 Å². The van der Waals surface area contributed by atoms with Crippen LogP contribution in [0.3, 0.4) is 0 Å². The molecule has 200 valence electrons. The number of primary amides is 1. The van der Waals surface area contributed by atoms with E-state index in [1.165, 1.54) is 89.9 Å². The second-order valence-electron chi connectivity index (χ2n) is 7.72. The summed E-state index contributed by atoms with van der Waals surface area (Å²) in [7, 11) is 0. The Morgan fingerprint density at radius 3 is 0.879 bits per heavy atom. The predicted octanol–water partition coefficient (Wildman–Crippen LogP) is 6.17. The van der Waals surface area contributed by atoms with E-state index in [2.05, 4.69) is 6.92 Å². The number of amides is 1. The smallest absolute Gasteiger partial charge is 0.300 e. The van der Waals surface area contributed by atoms with E-state index in [0.717, 1.165) is 27.2 Å². The van der Waals surface area contributed by atoms with Crippen molar-refractivity contribution < 1.29 is 34.5 Å². The first kappa shape index (κ1) is 41.1. The Morgan fingerprint density at radius 1 is 0.515 bits per heavy atom. The van der Waals surface area contributed by atoms with E-state index >= 15 is 0 Å². The van der Waals surface area contributed by atoms with E-state index in [0.29, 0.717) is 6.42 Å². The molecule has 0 spiro atoms. The minimum Gasteiger partial charge on any atom is -0.481 e. The highest BCUT2D eigenvalue weighted by Crippen LogP contribution is 2.13. The van der Waals surface area contributed by atoms with Crippen molar-refractivity contribution in [3.8, 4) is 0 Å². The molecule has 0 aliphatic carbocycles. The molecule has 0 saturated carbocycles. The van der Waals surface area contributed by atoms with Gasteiger partial charge in [0, 0.05) is 27.2 Å². The molecule has 8 N–H and O–H groups in total. The largest absolute Gasteiger partial charge is 0.481 e. The summed E-state index contributed by atoms with van der Waals surface area (Å²) in [5, 5.41) is 22.2. The Hall–Kier alpha value is -2.16. The van der Waals surface area contributed by atoms with Gasteiger partial charge in [0.15, 0.2) is 0 Å². The standard InChI is InChI=1S/C18H37NO.3C2H4O2.H3N/c1-2-3-4-5-6-7-8-9-10-11-12-13-14-15-16-17-18(19)20;3*1-2(3)4;/h2-17H2,1H3,(H2,19,20);3*1H3,(H,3,4);1H3. The molecule has 0 unspecified atom stereocenters. The molecule has 9 heteroatoms. The lowest BCUT2D eigenvalue weighted by molar-refractivity contribution is -0.135. The van der Waals surface area contributed by atoms with Crippen molar-refractivity contribution in [3.63, 3.8) is 0 Å². The summed E-state index contributed by atoms with van der Waals surface area (Å²) in [6.45, 7) is 5.53. The van der Waals surface area contributed by atoms with Gasteiger partial charge in [-0.1, -0.05) is 96.8 Å². The van der Waals surface area contributed by atoms with Crippen molar-refractivity contribution in [2.75, 3.05) is 0 Å². The van der Waals surface area contributed by atoms with E-state index < -0.39 is 17.9 Å². The van der Waals surface area contributed by atoms with Crippen LogP contribution in [-0.4, -0.2) is 39.1 Å². The topological polar surface area (TPSA) is 190 Å². The van der Waals surface area contributed by atoms with Gasteiger partial charge in [-0.05, 0) is 6.42 Å². The fourth-order valence-electron chi connectivity index (χ4n) is 2.67. The molecule has 1 amide bonds. The van der Waals surface area contributed by atoms with Crippen LogP contribution in [0.2, 0.25) is 0 Å². The quantitative estimate of drug-likeness (QED) is 0.162. The number of carbonyl (C=O) groups excluding carboxylic acids is 1. The Labute approximate surface area is 201 Å². The highest BCUT2D eigenvalue weighted by molar-refractivity contribution is 5.73. The van der Waals surface area contributed by atoms with E-state index in [1.54, 1.807) is 0 Å². The molecule has 0 aromatic heterocycles. The summed E-state index contributed by atoms with van der Waals surface area (Å²) in [6.07, 6.45) is 20.9. The van der Waals surface area contributed by atoms with E-state index in [-0.39, 0.29) is 12.1 Å². The zero-order valence-electron chi connectivity index (χ0n) is 21.6. The van der Waals surface area contributed by atoms with Crippen LogP contribution in [-0.2, 0) is 19.2 Å². The van der Waals surface area contributed by atoms with Crippen LogP contribution < -0.4 is 11.9 Å². The zero-order valence-corrected chi connectivity index (χ0v) is 21.6. The van der Waals surface area contributed by atoms with Crippen molar-refractivity contribution in [2.24, 2.45) is 5.73 Å². The molecular formula is C24H52N2O7. The SMILES string of the molecule is CC(=O)O.CC(=O)O.CC(=O)O.CCCCCCCCCCCCCCCCCC(N)=O.N. The van der Waals surface area contributed by atoms with E-state index in [9.17, 15) is 4.79 Å². The number of hydrogen-bond acceptors (Lipinski definition) is 5. The molecule has 9 nitrogen and oxygen atoms in total. The number of aliphatic carboxylic acids is 3. The summed E-state index contributed by atoms with van der Waals surface area (Å²) < 4.78 is 0.